The van der Waals surface area contributed by atoms with E-state index in [9.17, 15) is 4.79 Å². The van der Waals surface area contributed by atoms with Crippen LogP contribution in [0.2, 0.25) is 0 Å². The van der Waals surface area contributed by atoms with E-state index >= 15 is 0 Å². The Bertz CT molecular complexity index is 95.0. The lowest BCUT2D eigenvalue weighted by molar-refractivity contribution is -0.130. The first-order valence-corrected chi connectivity index (χ1v) is 3.69. The van der Waals surface area contributed by atoms with E-state index in [4.69, 9.17) is 4.18 Å². The van der Waals surface area contributed by atoms with E-state index in [1.807, 2.05) is 0 Å². The zero-order valence-corrected chi connectivity index (χ0v) is 6.70. The minimum atomic E-state index is -0.00986. The SMILES string of the molecule is CSOCC(=O)N(C)C. The topological polar surface area (TPSA) is 29.5 Å². The molecule has 0 aliphatic heterocycles. The van der Waals surface area contributed by atoms with Crippen LogP contribution in [0.3, 0.4) is 0 Å². The Kier molecular flexibility index (Phi) is 4.53. The highest BCUT2D eigenvalue weighted by molar-refractivity contribution is 7.93. The van der Waals surface area contributed by atoms with Crippen LogP contribution in [0.15, 0.2) is 0 Å². The maximum atomic E-state index is 10.7. The van der Waals surface area contributed by atoms with E-state index in [1.54, 1.807) is 20.4 Å². The van der Waals surface area contributed by atoms with Crippen LogP contribution >= 0.6 is 12.0 Å². The molecule has 0 bridgehead atoms. The molecular weight excluding hydrogens is 138 g/mol. The average Bonchev–Trinajstić information content (AvgIpc) is 1.82. The molecule has 0 spiro atoms. The Labute approximate surface area is 59.6 Å². The Morgan fingerprint density at radius 2 is 2.22 bits per heavy atom. The number of hydrogen-bond donors (Lipinski definition) is 0. The third-order valence-corrected chi connectivity index (χ3v) is 1.15. The van der Waals surface area contributed by atoms with Crippen LogP contribution in [-0.4, -0.2) is 37.8 Å². The zero-order chi connectivity index (χ0) is 7.28. The minimum Gasteiger partial charge on any atom is -0.347 e. The minimum absolute atomic E-state index is 0.00986. The second-order valence-corrected chi connectivity index (χ2v) is 2.29. The molecule has 54 valence electrons. The summed E-state index contributed by atoms with van der Waals surface area (Å²) < 4.78 is 4.78. The molecule has 0 heterocycles. The van der Waals surface area contributed by atoms with Gasteiger partial charge in [0.2, 0.25) is 5.91 Å². The highest BCUT2D eigenvalue weighted by Gasteiger charge is 2.01. The van der Waals surface area contributed by atoms with Crippen molar-refractivity contribution in [2.45, 2.75) is 0 Å². The molecule has 0 unspecified atom stereocenters. The molecule has 9 heavy (non-hydrogen) atoms. The van der Waals surface area contributed by atoms with Crippen molar-refractivity contribution in [2.24, 2.45) is 0 Å². The van der Waals surface area contributed by atoms with E-state index in [1.165, 1.54) is 16.9 Å². The predicted molar refractivity (Wildman–Crippen MR) is 38.2 cm³/mol. The molecule has 0 aliphatic carbocycles. The van der Waals surface area contributed by atoms with Gasteiger partial charge in [-0.2, -0.15) is 0 Å². The van der Waals surface area contributed by atoms with Gasteiger partial charge < -0.3 is 9.08 Å². The fourth-order valence-corrected chi connectivity index (χ4v) is 0.457. The summed E-state index contributed by atoms with van der Waals surface area (Å²) in [4.78, 5) is 12.2. The quantitative estimate of drug-likeness (QED) is 0.543. The monoisotopic (exact) mass is 149 g/mol. The zero-order valence-electron chi connectivity index (χ0n) is 5.88. The fourth-order valence-electron chi connectivity index (χ4n) is 0.238. The third kappa shape index (κ3) is 4.29. The summed E-state index contributed by atoms with van der Waals surface area (Å²) in [6.45, 7) is 0.161. The normalized spacial score (nSPS) is 9.22. The predicted octanol–water partition coefficient (Wildman–Crippen LogP) is 0.369. The van der Waals surface area contributed by atoms with Crippen molar-refractivity contribution in [2.75, 3.05) is 27.0 Å². The van der Waals surface area contributed by atoms with Gasteiger partial charge in [0.05, 0.1) is 0 Å². The van der Waals surface area contributed by atoms with Gasteiger partial charge >= 0.3 is 0 Å². The van der Waals surface area contributed by atoms with Crippen molar-refractivity contribution in [1.82, 2.24) is 4.90 Å². The molecule has 4 heteroatoms. The molecule has 0 atom stereocenters. The summed E-state index contributed by atoms with van der Waals surface area (Å²) in [6, 6.07) is 0. The van der Waals surface area contributed by atoms with Gasteiger partial charge in [-0.3, -0.25) is 4.79 Å². The first kappa shape index (κ1) is 8.78. The van der Waals surface area contributed by atoms with Crippen molar-refractivity contribution in [3.63, 3.8) is 0 Å². The van der Waals surface area contributed by atoms with Crippen LogP contribution in [0.4, 0.5) is 0 Å². The molecule has 0 radical (unpaired) electrons. The van der Waals surface area contributed by atoms with Gasteiger partial charge in [0.1, 0.15) is 6.61 Å². The number of carbonyl (C=O) groups is 1. The summed E-state index contributed by atoms with van der Waals surface area (Å²) in [6.07, 6.45) is 1.78. The first-order valence-electron chi connectivity index (χ1n) is 2.54. The van der Waals surface area contributed by atoms with Crippen molar-refractivity contribution in [3.05, 3.63) is 0 Å². The maximum Gasteiger partial charge on any atom is 0.249 e. The van der Waals surface area contributed by atoms with Crippen molar-refractivity contribution in [1.29, 1.82) is 0 Å². The molecule has 0 saturated heterocycles. The Hall–Kier alpha value is -0.220. The van der Waals surface area contributed by atoms with Crippen molar-refractivity contribution < 1.29 is 8.98 Å². The fraction of sp³-hybridized carbons (Fsp3) is 0.800. The Balaban J connectivity index is 3.28. The number of rotatable bonds is 3. The molecule has 0 fully saturated rings. The van der Waals surface area contributed by atoms with E-state index in [-0.39, 0.29) is 12.5 Å². The molecule has 3 nitrogen and oxygen atoms in total. The molecule has 1 amide bonds. The second kappa shape index (κ2) is 4.64. The van der Waals surface area contributed by atoms with E-state index in [2.05, 4.69) is 0 Å². The summed E-state index contributed by atoms with van der Waals surface area (Å²) in [7, 11) is 3.40. The van der Waals surface area contributed by atoms with Crippen LogP contribution in [0.25, 0.3) is 0 Å². The summed E-state index contributed by atoms with van der Waals surface area (Å²) in [5, 5.41) is 0. The molecular formula is C5H11NO2S. The number of nitrogens with zero attached hydrogens (tertiary/aromatic N) is 1. The van der Waals surface area contributed by atoms with Crippen molar-refractivity contribution in [3.8, 4) is 0 Å². The van der Waals surface area contributed by atoms with Crippen LogP contribution in [-0.2, 0) is 8.98 Å². The molecule has 0 aromatic heterocycles. The summed E-state index contributed by atoms with van der Waals surface area (Å²) >= 11 is 1.20. The molecule has 0 saturated carbocycles. The van der Waals surface area contributed by atoms with E-state index < -0.39 is 0 Å². The van der Waals surface area contributed by atoms with E-state index in [0.29, 0.717) is 0 Å². The Morgan fingerprint density at radius 1 is 1.67 bits per heavy atom. The van der Waals surface area contributed by atoms with Gasteiger partial charge in [0, 0.05) is 20.4 Å². The number of carbonyl (C=O) groups excluding carboxylic acids is 1. The first-order chi connectivity index (χ1) is 4.18. The standard InChI is InChI=1S/C5H11NO2S/c1-6(2)5(7)4-8-9-3/h4H2,1-3H3. The molecule has 0 aromatic carbocycles. The molecule has 0 rings (SSSR count). The van der Waals surface area contributed by atoms with E-state index in [0.717, 1.165) is 0 Å². The van der Waals surface area contributed by atoms with Crippen molar-refractivity contribution >= 4 is 17.9 Å². The van der Waals surface area contributed by atoms with Gasteiger partial charge in [-0.1, -0.05) is 0 Å². The smallest absolute Gasteiger partial charge is 0.249 e. The average molecular weight is 149 g/mol. The van der Waals surface area contributed by atoms with Gasteiger partial charge in [0.25, 0.3) is 0 Å². The lowest BCUT2D eigenvalue weighted by atomic mass is 10.6. The highest BCUT2D eigenvalue weighted by Crippen LogP contribution is 1.93. The van der Waals surface area contributed by atoms with Crippen LogP contribution in [0.1, 0.15) is 0 Å². The van der Waals surface area contributed by atoms with Crippen LogP contribution in [0, 0.1) is 0 Å². The number of likely N-dealkylation sites (N-methyl/N-ethyl adjacent to an activating group) is 1. The van der Waals surface area contributed by atoms with Crippen LogP contribution < -0.4 is 0 Å². The second-order valence-electron chi connectivity index (χ2n) is 1.72. The Morgan fingerprint density at radius 3 is 2.56 bits per heavy atom. The maximum absolute atomic E-state index is 10.7. The van der Waals surface area contributed by atoms with Gasteiger partial charge in [-0.15, -0.1) is 0 Å². The molecule has 0 N–H and O–H groups in total. The lowest BCUT2D eigenvalue weighted by Gasteiger charge is -2.07. The molecule has 0 aliphatic rings. The largest absolute Gasteiger partial charge is 0.347 e. The van der Waals surface area contributed by atoms with Gasteiger partial charge in [-0.25, -0.2) is 0 Å². The number of hydrogen-bond acceptors (Lipinski definition) is 3. The summed E-state index contributed by atoms with van der Waals surface area (Å²) in [5.74, 6) is -0.00986. The number of amides is 1. The van der Waals surface area contributed by atoms with Gasteiger partial charge in [0.15, 0.2) is 0 Å². The summed E-state index contributed by atoms with van der Waals surface area (Å²) in [5.41, 5.74) is 0. The highest BCUT2D eigenvalue weighted by atomic mass is 32.2. The van der Waals surface area contributed by atoms with Gasteiger partial charge in [-0.05, 0) is 12.0 Å². The lowest BCUT2D eigenvalue weighted by Crippen LogP contribution is -2.25. The molecule has 0 aromatic rings. The van der Waals surface area contributed by atoms with Crippen LogP contribution in [0.5, 0.6) is 0 Å². The third-order valence-electron chi connectivity index (χ3n) is 0.799.